The molecule has 0 spiro atoms. The molecule has 5 rings (SSSR count). The summed E-state index contributed by atoms with van der Waals surface area (Å²) in [6, 6.07) is 5.17. The quantitative estimate of drug-likeness (QED) is 0.416. The van der Waals surface area contributed by atoms with E-state index in [1.165, 1.54) is 35.5 Å². The number of pyridine rings is 1. The van der Waals surface area contributed by atoms with Gasteiger partial charge in [0.05, 0.1) is 22.8 Å². The summed E-state index contributed by atoms with van der Waals surface area (Å²) in [5.74, 6) is -2.00. The lowest BCUT2D eigenvalue weighted by atomic mass is 10.1. The van der Waals surface area contributed by atoms with Crippen LogP contribution in [0.5, 0.6) is 0 Å². The van der Waals surface area contributed by atoms with Gasteiger partial charge in [-0.3, -0.25) is 19.2 Å². The molecule has 15 heteroatoms. The molecule has 2 fully saturated rings. The standard InChI is InChI=1S/C25H21Cl2F3N6O4/c1-12-7-14(26)8-15(22(37)32-17-11-40-35(24(17)39)10-13-4-5-13)20(12)33-23(38)18-9-19(25(28,29)30)34-36(18)21-16(27)3-2-6-31-21/h2-3,6-9,13,17H,4-5,10-11H2,1H3,(H,32,37)(H,33,38). The molecule has 210 valence electrons. The number of nitrogens with one attached hydrogen (secondary N) is 2. The molecule has 1 saturated carbocycles. The third kappa shape index (κ3) is 5.76. The first-order valence-electron chi connectivity index (χ1n) is 12.1. The Morgan fingerprint density at radius 3 is 2.60 bits per heavy atom. The number of hydroxylamine groups is 2. The first kappa shape index (κ1) is 27.9. The van der Waals surface area contributed by atoms with Crippen LogP contribution in [0.15, 0.2) is 36.5 Å². The summed E-state index contributed by atoms with van der Waals surface area (Å²) in [7, 11) is 0. The Kier molecular flexibility index (Phi) is 7.46. The van der Waals surface area contributed by atoms with Crippen molar-refractivity contribution >= 4 is 46.6 Å². The predicted octanol–water partition coefficient (Wildman–Crippen LogP) is 4.44. The molecule has 2 N–H and O–H groups in total. The van der Waals surface area contributed by atoms with Crippen LogP contribution >= 0.6 is 23.2 Å². The van der Waals surface area contributed by atoms with Gasteiger partial charge >= 0.3 is 6.18 Å². The third-order valence-corrected chi connectivity index (χ3v) is 6.84. The number of halogens is 5. The molecule has 1 unspecified atom stereocenters. The maximum absolute atomic E-state index is 13.5. The van der Waals surface area contributed by atoms with Crippen LogP contribution in [-0.4, -0.2) is 56.7 Å². The molecule has 2 aliphatic rings. The lowest BCUT2D eigenvalue weighted by Crippen LogP contribution is -2.43. The maximum atomic E-state index is 13.5. The van der Waals surface area contributed by atoms with Crippen molar-refractivity contribution in [2.24, 2.45) is 5.92 Å². The molecule has 40 heavy (non-hydrogen) atoms. The molecule has 1 aliphatic carbocycles. The van der Waals surface area contributed by atoms with E-state index in [1.807, 2.05) is 0 Å². The molecular formula is C25H21Cl2F3N6O4. The number of aromatic nitrogens is 3. The van der Waals surface area contributed by atoms with Crippen LogP contribution < -0.4 is 10.6 Å². The normalized spacial score (nSPS) is 17.3. The fourth-order valence-electron chi connectivity index (χ4n) is 4.13. The Morgan fingerprint density at radius 1 is 1.18 bits per heavy atom. The summed E-state index contributed by atoms with van der Waals surface area (Å²) in [5, 5.41) is 9.93. The molecule has 0 radical (unpaired) electrons. The molecule has 3 heterocycles. The zero-order valence-electron chi connectivity index (χ0n) is 20.8. The van der Waals surface area contributed by atoms with Crippen LogP contribution in [0.2, 0.25) is 10.0 Å². The van der Waals surface area contributed by atoms with Gasteiger partial charge in [-0.1, -0.05) is 23.2 Å². The number of carbonyl (C=O) groups is 3. The Bertz CT molecular complexity index is 1510. The summed E-state index contributed by atoms with van der Waals surface area (Å²) >= 11 is 12.3. The van der Waals surface area contributed by atoms with Gasteiger partial charge in [0.25, 0.3) is 17.7 Å². The van der Waals surface area contributed by atoms with Crippen molar-refractivity contribution in [1.29, 1.82) is 0 Å². The Balaban J connectivity index is 1.44. The van der Waals surface area contributed by atoms with Crippen LogP contribution in [-0.2, 0) is 15.8 Å². The topological polar surface area (TPSA) is 118 Å². The molecule has 1 atom stereocenters. The first-order valence-corrected chi connectivity index (χ1v) is 12.8. The maximum Gasteiger partial charge on any atom is 0.435 e. The average molecular weight is 597 g/mol. The van der Waals surface area contributed by atoms with Crippen molar-refractivity contribution in [3.05, 3.63) is 69.1 Å². The van der Waals surface area contributed by atoms with Crippen molar-refractivity contribution < 1.29 is 32.4 Å². The highest BCUT2D eigenvalue weighted by atomic mass is 35.5. The third-order valence-electron chi connectivity index (χ3n) is 6.32. The number of carbonyl (C=O) groups excluding carboxylic acids is 3. The molecular weight excluding hydrogens is 576 g/mol. The molecule has 1 aromatic carbocycles. The van der Waals surface area contributed by atoms with Crippen molar-refractivity contribution in [3.63, 3.8) is 0 Å². The highest BCUT2D eigenvalue weighted by Gasteiger charge is 2.39. The highest BCUT2D eigenvalue weighted by molar-refractivity contribution is 6.32. The van der Waals surface area contributed by atoms with E-state index in [4.69, 9.17) is 28.0 Å². The van der Waals surface area contributed by atoms with Crippen LogP contribution in [0.3, 0.4) is 0 Å². The number of nitrogens with zero attached hydrogens (tertiary/aromatic N) is 4. The zero-order valence-corrected chi connectivity index (χ0v) is 22.3. The van der Waals surface area contributed by atoms with Gasteiger partial charge in [-0.25, -0.2) is 14.7 Å². The van der Waals surface area contributed by atoms with Crippen molar-refractivity contribution in [2.75, 3.05) is 18.5 Å². The van der Waals surface area contributed by atoms with Crippen LogP contribution in [0.1, 0.15) is 44.9 Å². The van der Waals surface area contributed by atoms with Gasteiger partial charge in [0.15, 0.2) is 11.5 Å². The zero-order chi connectivity index (χ0) is 28.8. The predicted molar refractivity (Wildman–Crippen MR) is 137 cm³/mol. The second-order valence-electron chi connectivity index (χ2n) is 9.40. The number of amides is 3. The number of hydrogen-bond acceptors (Lipinski definition) is 6. The minimum atomic E-state index is -4.87. The van der Waals surface area contributed by atoms with Gasteiger partial charge in [0.2, 0.25) is 0 Å². The van der Waals surface area contributed by atoms with Gasteiger partial charge < -0.3 is 10.6 Å². The van der Waals surface area contributed by atoms with Gasteiger partial charge in [-0.15, -0.1) is 0 Å². The van der Waals surface area contributed by atoms with E-state index >= 15 is 0 Å². The van der Waals surface area contributed by atoms with Gasteiger partial charge in [-0.2, -0.15) is 18.3 Å². The summed E-state index contributed by atoms with van der Waals surface area (Å²) in [6.07, 6.45) is -1.58. The van der Waals surface area contributed by atoms with Gasteiger partial charge in [0, 0.05) is 17.3 Å². The van der Waals surface area contributed by atoms with Crippen LogP contribution in [0.4, 0.5) is 18.9 Å². The minimum Gasteiger partial charge on any atom is -0.338 e. The molecule has 10 nitrogen and oxygen atoms in total. The smallest absolute Gasteiger partial charge is 0.338 e. The minimum absolute atomic E-state index is 0.0264. The average Bonchev–Trinajstić information content (AvgIpc) is 3.48. The SMILES string of the molecule is Cc1cc(Cl)cc(C(=O)NC2CON(CC3CC3)C2=O)c1NC(=O)c1cc(C(F)(F)F)nn1-c1ncccc1Cl. The number of hydrogen-bond donors (Lipinski definition) is 2. The van der Waals surface area contributed by atoms with Gasteiger partial charge in [0.1, 0.15) is 18.3 Å². The Hall–Kier alpha value is -3.68. The number of alkyl halides is 3. The largest absolute Gasteiger partial charge is 0.435 e. The van der Waals surface area contributed by atoms with Crippen molar-refractivity contribution in [2.45, 2.75) is 32.0 Å². The van der Waals surface area contributed by atoms with Crippen molar-refractivity contribution in [1.82, 2.24) is 25.1 Å². The Morgan fingerprint density at radius 2 is 1.93 bits per heavy atom. The number of anilines is 1. The lowest BCUT2D eigenvalue weighted by molar-refractivity contribution is -0.162. The summed E-state index contributed by atoms with van der Waals surface area (Å²) in [5.41, 5.74) is -1.68. The van der Waals surface area contributed by atoms with Gasteiger partial charge in [-0.05, 0) is 55.5 Å². The highest BCUT2D eigenvalue weighted by Crippen LogP contribution is 2.33. The monoisotopic (exact) mass is 596 g/mol. The van der Waals surface area contributed by atoms with E-state index in [0.29, 0.717) is 28.8 Å². The summed E-state index contributed by atoms with van der Waals surface area (Å²) in [4.78, 5) is 48.7. The summed E-state index contributed by atoms with van der Waals surface area (Å²) < 4.78 is 41.2. The van der Waals surface area contributed by atoms with Crippen LogP contribution in [0, 0.1) is 12.8 Å². The Labute approximate surface area is 235 Å². The second-order valence-corrected chi connectivity index (χ2v) is 10.2. The van der Waals surface area contributed by atoms with E-state index < -0.39 is 41.3 Å². The van der Waals surface area contributed by atoms with E-state index in [1.54, 1.807) is 6.92 Å². The van der Waals surface area contributed by atoms with Crippen molar-refractivity contribution in [3.8, 4) is 5.82 Å². The fourth-order valence-corrected chi connectivity index (χ4v) is 4.61. The molecule has 3 aromatic rings. The van der Waals surface area contributed by atoms with E-state index in [-0.39, 0.29) is 33.7 Å². The number of rotatable bonds is 7. The molecule has 2 aromatic heterocycles. The molecule has 1 aliphatic heterocycles. The lowest BCUT2D eigenvalue weighted by Gasteiger charge is -2.17. The molecule has 3 amide bonds. The first-order chi connectivity index (χ1) is 18.9. The second kappa shape index (κ2) is 10.7. The molecule has 0 bridgehead atoms. The fraction of sp³-hybridized carbons (Fsp3) is 0.320. The van der Waals surface area contributed by atoms with E-state index in [2.05, 4.69) is 20.7 Å². The number of aryl methyl sites for hydroxylation is 1. The molecule has 1 saturated heterocycles. The number of benzene rings is 1. The van der Waals surface area contributed by atoms with Crippen LogP contribution in [0.25, 0.3) is 5.82 Å². The summed E-state index contributed by atoms with van der Waals surface area (Å²) in [6.45, 7) is 1.92. The van der Waals surface area contributed by atoms with E-state index in [9.17, 15) is 27.6 Å². The van der Waals surface area contributed by atoms with E-state index in [0.717, 1.165) is 12.8 Å².